The third-order valence-electron chi connectivity index (χ3n) is 6.34. The van der Waals surface area contributed by atoms with Crippen LogP contribution in [-0.2, 0) is 24.9 Å². The van der Waals surface area contributed by atoms with Crippen LogP contribution in [0.5, 0.6) is 0 Å². The number of rotatable bonds is 6. The molecule has 2 N–H and O–H groups in total. The number of aliphatic hydroxyl groups excluding tert-OH is 1. The quantitative estimate of drug-likeness (QED) is 0.504. The van der Waals surface area contributed by atoms with E-state index in [1.165, 1.54) is 6.08 Å². The first-order chi connectivity index (χ1) is 16.9. The summed E-state index contributed by atoms with van der Waals surface area (Å²) < 4.78 is 1.60. The van der Waals surface area contributed by atoms with Crippen LogP contribution in [0.3, 0.4) is 0 Å². The van der Waals surface area contributed by atoms with Crippen LogP contribution in [0.2, 0.25) is 5.15 Å². The Bertz CT molecular complexity index is 1230. The highest BCUT2D eigenvalue weighted by Crippen LogP contribution is 2.35. The maximum absolute atomic E-state index is 12.2. The summed E-state index contributed by atoms with van der Waals surface area (Å²) in [4.78, 5) is 27.1. The minimum atomic E-state index is -0.920. The third kappa shape index (κ3) is 4.72. The van der Waals surface area contributed by atoms with Crippen LogP contribution < -0.4 is 10.2 Å². The monoisotopic (exact) mass is 494 g/mol. The van der Waals surface area contributed by atoms with Crippen molar-refractivity contribution in [2.45, 2.75) is 31.9 Å². The second-order valence-corrected chi connectivity index (χ2v) is 9.11. The number of hydrogen-bond donors (Lipinski definition) is 2. The van der Waals surface area contributed by atoms with E-state index >= 15 is 0 Å². The SMILES string of the molecule is C=CC(=O)N1CCC(N2c3nc(Nc4cn(C)nc4Cl)ncc3CN(Cc3ccccc3)C2O)C1. The Balaban J connectivity index is 1.47. The average molecular weight is 495 g/mol. The van der Waals surface area contributed by atoms with E-state index in [-0.39, 0.29) is 11.9 Å². The summed E-state index contributed by atoms with van der Waals surface area (Å²) in [6.45, 7) is 5.71. The fraction of sp³-hybridized carbons (Fsp3) is 0.333. The molecular weight excluding hydrogens is 468 g/mol. The second kappa shape index (κ2) is 9.65. The van der Waals surface area contributed by atoms with Gasteiger partial charge in [0.1, 0.15) is 5.82 Å². The summed E-state index contributed by atoms with van der Waals surface area (Å²) in [5.41, 5.74) is 2.57. The van der Waals surface area contributed by atoms with Crippen LogP contribution in [0.1, 0.15) is 17.5 Å². The predicted molar refractivity (Wildman–Crippen MR) is 133 cm³/mol. The minimum Gasteiger partial charge on any atom is -0.361 e. The van der Waals surface area contributed by atoms with Gasteiger partial charge in [0.2, 0.25) is 11.9 Å². The number of benzene rings is 1. The Labute approximate surface area is 208 Å². The fourth-order valence-corrected chi connectivity index (χ4v) is 4.87. The Morgan fingerprint density at radius 3 is 2.86 bits per heavy atom. The number of amides is 1. The number of carbonyl (C=O) groups is 1. The molecule has 2 aromatic heterocycles. The number of anilines is 3. The lowest BCUT2D eigenvalue weighted by molar-refractivity contribution is -0.125. The molecule has 182 valence electrons. The molecule has 0 spiro atoms. The highest BCUT2D eigenvalue weighted by Gasteiger charge is 2.40. The molecule has 4 heterocycles. The molecule has 10 nitrogen and oxygen atoms in total. The second-order valence-electron chi connectivity index (χ2n) is 8.75. The zero-order chi connectivity index (χ0) is 24.5. The number of hydrogen-bond acceptors (Lipinski definition) is 8. The number of aromatic nitrogens is 4. The van der Waals surface area contributed by atoms with Gasteiger partial charge in [0.15, 0.2) is 11.5 Å². The number of halogens is 1. The van der Waals surface area contributed by atoms with Crippen molar-refractivity contribution in [2.24, 2.45) is 7.05 Å². The molecule has 5 rings (SSSR count). The predicted octanol–water partition coefficient (Wildman–Crippen LogP) is 2.49. The first-order valence-corrected chi connectivity index (χ1v) is 11.8. The first-order valence-electron chi connectivity index (χ1n) is 11.4. The van der Waals surface area contributed by atoms with Crippen LogP contribution >= 0.6 is 11.6 Å². The number of likely N-dealkylation sites (tertiary alicyclic amines) is 1. The summed E-state index contributed by atoms with van der Waals surface area (Å²) in [6.07, 6.45) is 4.63. The molecule has 1 saturated heterocycles. The van der Waals surface area contributed by atoms with Crippen LogP contribution in [0.25, 0.3) is 0 Å². The molecule has 0 radical (unpaired) electrons. The summed E-state index contributed by atoms with van der Waals surface area (Å²) in [7, 11) is 1.78. The minimum absolute atomic E-state index is 0.114. The van der Waals surface area contributed by atoms with Gasteiger partial charge in [0, 0.05) is 51.2 Å². The highest BCUT2D eigenvalue weighted by molar-refractivity contribution is 6.32. The molecule has 2 unspecified atom stereocenters. The molecule has 2 aliphatic rings. The lowest BCUT2D eigenvalue weighted by Gasteiger charge is -2.44. The largest absolute Gasteiger partial charge is 0.361 e. The van der Waals surface area contributed by atoms with Crippen molar-refractivity contribution in [3.8, 4) is 0 Å². The first kappa shape index (κ1) is 23.3. The van der Waals surface area contributed by atoms with Gasteiger partial charge in [-0.05, 0) is 18.1 Å². The lowest BCUT2D eigenvalue weighted by atomic mass is 10.1. The van der Waals surface area contributed by atoms with E-state index in [9.17, 15) is 9.90 Å². The van der Waals surface area contributed by atoms with Crippen molar-refractivity contribution in [3.05, 3.63) is 71.7 Å². The molecule has 11 heteroatoms. The smallest absolute Gasteiger partial charge is 0.246 e. The van der Waals surface area contributed by atoms with Crippen molar-refractivity contribution in [2.75, 3.05) is 23.3 Å². The van der Waals surface area contributed by atoms with Gasteiger partial charge in [-0.1, -0.05) is 48.5 Å². The van der Waals surface area contributed by atoms with Gasteiger partial charge < -0.3 is 20.2 Å². The molecule has 0 saturated carbocycles. The van der Waals surface area contributed by atoms with Crippen molar-refractivity contribution in [1.29, 1.82) is 0 Å². The Morgan fingerprint density at radius 1 is 1.34 bits per heavy atom. The maximum Gasteiger partial charge on any atom is 0.246 e. The van der Waals surface area contributed by atoms with E-state index in [1.54, 1.807) is 29.0 Å². The lowest BCUT2D eigenvalue weighted by Crippen LogP contribution is -2.56. The number of nitrogens with one attached hydrogen (secondary N) is 1. The van der Waals surface area contributed by atoms with Crippen LogP contribution in [-0.4, -0.2) is 66.0 Å². The van der Waals surface area contributed by atoms with Gasteiger partial charge in [-0.3, -0.25) is 14.4 Å². The van der Waals surface area contributed by atoms with E-state index in [0.717, 1.165) is 11.1 Å². The standard InChI is InChI=1S/C24H27ClN8O2/c1-3-20(34)31-10-9-18(14-31)33-22-17(13-32(24(33)35)12-16-7-5-4-6-8-16)11-26-23(28-22)27-19-15-30(2)29-21(19)25/h3-8,11,15,18,24,35H,1,9-10,12-14H2,2H3,(H,26,27,28). The topological polar surface area (TPSA) is 103 Å². The molecule has 1 aromatic carbocycles. The summed E-state index contributed by atoms with van der Waals surface area (Å²) in [6, 6.07) is 9.89. The zero-order valence-electron chi connectivity index (χ0n) is 19.4. The third-order valence-corrected chi connectivity index (χ3v) is 6.62. The van der Waals surface area contributed by atoms with Crippen LogP contribution in [0.4, 0.5) is 17.5 Å². The van der Waals surface area contributed by atoms with E-state index in [0.29, 0.717) is 55.2 Å². The van der Waals surface area contributed by atoms with Gasteiger partial charge in [-0.2, -0.15) is 10.1 Å². The number of aliphatic hydroxyl groups is 1. The van der Waals surface area contributed by atoms with Gasteiger partial charge in [0.05, 0.1) is 11.7 Å². The van der Waals surface area contributed by atoms with Crippen molar-refractivity contribution in [1.82, 2.24) is 29.5 Å². The van der Waals surface area contributed by atoms with E-state index in [4.69, 9.17) is 16.6 Å². The molecule has 3 aromatic rings. The Morgan fingerprint density at radius 2 is 2.14 bits per heavy atom. The highest BCUT2D eigenvalue weighted by atomic mass is 35.5. The summed E-state index contributed by atoms with van der Waals surface area (Å²) >= 11 is 6.20. The number of aryl methyl sites for hydroxylation is 1. The Hall–Kier alpha value is -3.47. The van der Waals surface area contributed by atoms with Crippen molar-refractivity contribution in [3.63, 3.8) is 0 Å². The molecule has 1 fully saturated rings. The van der Waals surface area contributed by atoms with Gasteiger partial charge >= 0.3 is 0 Å². The number of carbonyl (C=O) groups excluding carboxylic acids is 1. The normalized spacial score (nSPS) is 20.1. The molecular formula is C24H27ClN8O2. The Kier molecular flexibility index (Phi) is 6.42. The van der Waals surface area contributed by atoms with Crippen molar-refractivity contribution < 1.29 is 9.90 Å². The van der Waals surface area contributed by atoms with Gasteiger partial charge in [-0.15, -0.1) is 0 Å². The fourth-order valence-electron chi connectivity index (χ4n) is 4.66. The maximum atomic E-state index is 12.2. The van der Waals surface area contributed by atoms with E-state index in [1.807, 2.05) is 40.1 Å². The number of fused-ring (bicyclic) bond motifs is 1. The molecule has 35 heavy (non-hydrogen) atoms. The van der Waals surface area contributed by atoms with Crippen molar-refractivity contribution >= 4 is 35.0 Å². The zero-order valence-corrected chi connectivity index (χ0v) is 20.1. The van der Waals surface area contributed by atoms with Gasteiger partial charge in [-0.25, -0.2) is 4.98 Å². The van der Waals surface area contributed by atoms with Gasteiger partial charge in [0.25, 0.3) is 0 Å². The van der Waals surface area contributed by atoms with Crippen LogP contribution in [0, 0.1) is 0 Å². The molecule has 2 aliphatic heterocycles. The average Bonchev–Trinajstić information content (AvgIpc) is 3.46. The molecule has 0 aliphatic carbocycles. The molecule has 0 bridgehead atoms. The van der Waals surface area contributed by atoms with E-state index < -0.39 is 6.35 Å². The number of nitrogens with zero attached hydrogens (tertiary/aromatic N) is 7. The molecule has 2 atom stereocenters. The summed E-state index contributed by atoms with van der Waals surface area (Å²) in [5.74, 6) is 0.873. The summed E-state index contributed by atoms with van der Waals surface area (Å²) in [5, 5.41) is 19.1. The van der Waals surface area contributed by atoms with Crippen LogP contribution in [0.15, 0.2) is 55.4 Å². The molecule has 1 amide bonds. The van der Waals surface area contributed by atoms with E-state index in [2.05, 4.69) is 22.0 Å².